The van der Waals surface area contributed by atoms with Crippen LogP contribution in [-0.2, 0) is 10.0 Å². The molecule has 0 atom stereocenters. The molecule has 1 heterocycles. The molecule has 0 fully saturated rings. The second-order valence-corrected chi connectivity index (χ2v) is 7.76. The number of hydrogen-bond acceptors (Lipinski definition) is 4. The molecule has 0 aliphatic rings. The first-order valence-electron chi connectivity index (χ1n) is 6.74. The van der Waals surface area contributed by atoms with Crippen LogP contribution in [0.15, 0.2) is 41.8 Å². The number of nitrogens with one attached hydrogen (secondary N) is 1. The molecular weight excluding hydrogens is 320 g/mol. The van der Waals surface area contributed by atoms with Gasteiger partial charge in [0.25, 0.3) is 5.91 Å². The number of anilines is 1. The number of rotatable bonds is 6. The summed E-state index contributed by atoms with van der Waals surface area (Å²) in [7, 11) is -3.40. The average Bonchev–Trinajstić information content (AvgIpc) is 2.97. The second kappa shape index (κ2) is 6.93. The van der Waals surface area contributed by atoms with Crippen LogP contribution in [0, 0.1) is 6.92 Å². The molecule has 7 heteroatoms. The van der Waals surface area contributed by atoms with Crippen LogP contribution in [0.2, 0.25) is 0 Å². The van der Waals surface area contributed by atoms with Crippen molar-refractivity contribution in [3.63, 3.8) is 0 Å². The highest BCUT2D eigenvalue weighted by Crippen LogP contribution is 2.17. The van der Waals surface area contributed by atoms with E-state index in [1.807, 2.05) is 24.4 Å². The van der Waals surface area contributed by atoms with E-state index in [0.717, 1.165) is 11.8 Å². The topological polar surface area (TPSA) is 66.5 Å². The molecule has 2 rings (SSSR count). The van der Waals surface area contributed by atoms with E-state index < -0.39 is 10.0 Å². The van der Waals surface area contributed by atoms with E-state index in [-0.39, 0.29) is 19.0 Å². The summed E-state index contributed by atoms with van der Waals surface area (Å²) < 4.78 is 25.2. The maximum absolute atomic E-state index is 11.9. The molecule has 0 unspecified atom stereocenters. The van der Waals surface area contributed by atoms with Crippen molar-refractivity contribution < 1.29 is 13.2 Å². The van der Waals surface area contributed by atoms with Gasteiger partial charge in [-0.3, -0.25) is 9.10 Å². The zero-order chi connectivity index (χ0) is 16.2. The molecule has 0 aliphatic carbocycles. The van der Waals surface area contributed by atoms with Crippen molar-refractivity contribution in [2.45, 2.75) is 6.92 Å². The first kappa shape index (κ1) is 16.5. The third-order valence-corrected chi connectivity index (χ3v) is 5.13. The molecule has 0 aliphatic heterocycles. The molecule has 1 N–H and O–H groups in total. The van der Waals surface area contributed by atoms with Gasteiger partial charge in [0.15, 0.2) is 0 Å². The predicted molar refractivity (Wildman–Crippen MR) is 90.0 cm³/mol. The van der Waals surface area contributed by atoms with Crippen LogP contribution in [0.25, 0.3) is 0 Å². The number of sulfonamides is 1. The SMILES string of the molecule is Cc1ccc(N(CCNC(=O)c2cccs2)S(C)(=O)=O)cc1. The van der Waals surface area contributed by atoms with Gasteiger partial charge in [0.1, 0.15) is 0 Å². The highest BCUT2D eigenvalue weighted by molar-refractivity contribution is 7.92. The number of nitrogens with zero attached hydrogens (tertiary/aromatic N) is 1. The van der Waals surface area contributed by atoms with Crippen LogP contribution < -0.4 is 9.62 Å². The van der Waals surface area contributed by atoms with Gasteiger partial charge in [-0.2, -0.15) is 0 Å². The van der Waals surface area contributed by atoms with Gasteiger partial charge >= 0.3 is 0 Å². The lowest BCUT2D eigenvalue weighted by Crippen LogP contribution is -2.38. The van der Waals surface area contributed by atoms with Crippen LogP contribution in [0.5, 0.6) is 0 Å². The summed E-state index contributed by atoms with van der Waals surface area (Å²) in [6.07, 6.45) is 1.16. The Morgan fingerprint density at radius 1 is 1.23 bits per heavy atom. The molecule has 5 nitrogen and oxygen atoms in total. The minimum atomic E-state index is -3.40. The van der Waals surface area contributed by atoms with Gasteiger partial charge in [-0.05, 0) is 30.5 Å². The normalized spacial score (nSPS) is 11.2. The monoisotopic (exact) mass is 338 g/mol. The lowest BCUT2D eigenvalue weighted by molar-refractivity contribution is 0.0959. The van der Waals surface area contributed by atoms with Crippen LogP contribution in [0.4, 0.5) is 5.69 Å². The summed E-state index contributed by atoms with van der Waals surface area (Å²) in [5.74, 6) is -0.188. The van der Waals surface area contributed by atoms with Gasteiger partial charge in [0, 0.05) is 6.54 Å². The third-order valence-electron chi connectivity index (χ3n) is 3.07. The van der Waals surface area contributed by atoms with Crippen molar-refractivity contribution in [2.75, 3.05) is 23.7 Å². The van der Waals surface area contributed by atoms with Crippen LogP contribution >= 0.6 is 11.3 Å². The second-order valence-electron chi connectivity index (χ2n) is 4.90. The third kappa shape index (κ3) is 4.32. The zero-order valence-corrected chi connectivity index (χ0v) is 14.1. The van der Waals surface area contributed by atoms with Crippen LogP contribution in [0.1, 0.15) is 15.2 Å². The van der Waals surface area contributed by atoms with Crippen molar-refractivity contribution in [1.29, 1.82) is 0 Å². The Labute approximate surface area is 134 Å². The van der Waals surface area contributed by atoms with E-state index in [9.17, 15) is 13.2 Å². The highest BCUT2D eigenvalue weighted by atomic mass is 32.2. The molecule has 0 saturated heterocycles. The van der Waals surface area contributed by atoms with E-state index >= 15 is 0 Å². The number of hydrogen-bond donors (Lipinski definition) is 1. The summed E-state index contributed by atoms with van der Waals surface area (Å²) in [6, 6.07) is 10.8. The van der Waals surface area contributed by atoms with Gasteiger partial charge in [-0.15, -0.1) is 11.3 Å². The van der Waals surface area contributed by atoms with Gasteiger partial charge in [-0.1, -0.05) is 23.8 Å². The summed E-state index contributed by atoms with van der Waals surface area (Å²) in [6.45, 7) is 2.38. The Hall–Kier alpha value is -1.86. The number of benzene rings is 1. The van der Waals surface area contributed by atoms with E-state index in [0.29, 0.717) is 10.6 Å². The fourth-order valence-electron chi connectivity index (χ4n) is 1.96. The first-order valence-corrected chi connectivity index (χ1v) is 9.47. The lowest BCUT2D eigenvalue weighted by Gasteiger charge is -2.22. The zero-order valence-electron chi connectivity index (χ0n) is 12.4. The van der Waals surface area contributed by atoms with Crippen LogP contribution in [0.3, 0.4) is 0 Å². The maximum atomic E-state index is 11.9. The minimum absolute atomic E-state index is 0.188. The fraction of sp³-hybridized carbons (Fsp3) is 0.267. The first-order chi connectivity index (χ1) is 10.4. The van der Waals surface area contributed by atoms with Crippen molar-refractivity contribution >= 4 is 33.0 Å². The Morgan fingerprint density at radius 2 is 1.91 bits per heavy atom. The summed E-state index contributed by atoms with van der Waals surface area (Å²) in [4.78, 5) is 12.5. The molecule has 2 aromatic rings. The summed E-state index contributed by atoms with van der Waals surface area (Å²) >= 11 is 1.35. The fourth-order valence-corrected chi connectivity index (χ4v) is 3.53. The van der Waals surface area contributed by atoms with Gasteiger partial charge < -0.3 is 5.32 Å². The molecule has 0 radical (unpaired) electrons. The Kier molecular flexibility index (Phi) is 5.20. The summed E-state index contributed by atoms with van der Waals surface area (Å²) in [5.41, 5.74) is 1.65. The number of aryl methyl sites for hydroxylation is 1. The van der Waals surface area contributed by atoms with Gasteiger partial charge in [-0.25, -0.2) is 8.42 Å². The van der Waals surface area contributed by atoms with E-state index in [1.165, 1.54) is 15.6 Å². The van der Waals surface area contributed by atoms with Crippen LogP contribution in [-0.4, -0.2) is 33.7 Å². The minimum Gasteiger partial charge on any atom is -0.350 e. The van der Waals surface area contributed by atoms with Crippen molar-refractivity contribution in [1.82, 2.24) is 5.32 Å². The predicted octanol–water partition coefficient (Wildman–Crippen LogP) is 2.25. The lowest BCUT2D eigenvalue weighted by atomic mass is 10.2. The smallest absolute Gasteiger partial charge is 0.261 e. The Bertz CT molecular complexity index is 723. The number of carbonyl (C=O) groups is 1. The molecule has 118 valence electrons. The number of thiophene rings is 1. The summed E-state index contributed by atoms with van der Waals surface area (Å²) in [5, 5.41) is 4.56. The molecular formula is C15H18N2O3S2. The average molecular weight is 338 g/mol. The number of carbonyl (C=O) groups excluding carboxylic acids is 1. The van der Waals surface area contributed by atoms with Crippen molar-refractivity contribution in [2.24, 2.45) is 0 Å². The Morgan fingerprint density at radius 3 is 2.45 bits per heavy atom. The van der Waals surface area contributed by atoms with E-state index in [4.69, 9.17) is 0 Å². The maximum Gasteiger partial charge on any atom is 0.261 e. The molecule has 1 amide bonds. The van der Waals surface area contributed by atoms with E-state index in [2.05, 4.69) is 5.32 Å². The van der Waals surface area contributed by atoms with E-state index in [1.54, 1.807) is 24.3 Å². The standard InChI is InChI=1S/C15H18N2O3S2/c1-12-5-7-13(8-6-12)17(22(2,19)20)10-9-16-15(18)14-4-3-11-21-14/h3-8,11H,9-10H2,1-2H3,(H,16,18). The number of amides is 1. The van der Waals surface area contributed by atoms with Crippen molar-refractivity contribution in [3.8, 4) is 0 Å². The van der Waals surface area contributed by atoms with Gasteiger partial charge in [0.2, 0.25) is 10.0 Å². The Balaban J connectivity index is 2.02. The molecule has 0 saturated carbocycles. The molecule has 22 heavy (non-hydrogen) atoms. The highest BCUT2D eigenvalue weighted by Gasteiger charge is 2.17. The molecule has 1 aromatic heterocycles. The molecule has 1 aromatic carbocycles. The molecule has 0 spiro atoms. The quantitative estimate of drug-likeness (QED) is 0.878. The van der Waals surface area contributed by atoms with Crippen molar-refractivity contribution in [3.05, 3.63) is 52.2 Å². The largest absolute Gasteiger partial charge is 0.350 e. The van der Waals surface area contributed by atoms with Gasteiger partial charge in [0.05, 0.1) is 23.4 Å². The molecule has 0 bridgehead atoms.